The van der Waals surface area contributed by atoms with Crippen LogP contribution in [-0.2, 0) is 21.2 Å². The first-order chi connectivity index (χ1) is 9.66. The SMILES string of the molecule is C=CC(CNC(=O)c1ccc(N)c(S(=O)(=O)O)c1)S(=O)[O-]. The molecule has 0 bridgehead atoms. The maximum Gasteiger partial charge on any atom is 0.296 e. The second-order valence-corrected chi connectivity index (χ2v) is 6.49. The lowest BCUT2D eigenvalue weighted by Gasteiger charge is -2.16. The molecule has 0 heterocycles. The molecular weight excluding hydrogens is 320 g/mol. The Morgan fingerprint density at radius 2 is 2.19 bits per heavy atom. The second kappa shape index (κ2) is 6.80. The van der Waals surface area contributed by atoms with Gasteiger partial charge in [-0.05, 0) is 29.3 Å². The van der Waals surface area contributed by atoms with E-state index in [1.165, 1.54) is 6.07 Å². The molecule has 1 rings (SSSR count). The van der Waals surface area contributed by atoms with Crippen LogP contribution in [0.5, 0.6) is 0 Å². The van der Waals surface area contributed by atoms with Crippen LogP contribution in [0, 0.1) is 0 Å². The van der Waals surface area contributed by atoms with Gasteiger partial charge in [0.1, 0.15) is 4.90 Å². The second-order valence-electron chi connectivity index (χ2n) is 3.97. The van der Waals surface area contributed by atoms with Gasteiger partial charge in [0, 0.05) is 12.1 Å². The van der Waals surface area contributed by atoms with Crippen molar-refractivity contribution in [3.63, 3.8) is 0 Å². The summed E-state index contributed by atoms with van der Waals surface area (Å²) >= 11 is -2.44. The van der Waals surface area contributed by atoms with Gasteiger partial charge in [0.15, 0.2) is 0 Å². The van der Waals surface area contributed by atoms with Crippen molar-refractivity contribution in [1.82, 2.24) is 5.32 Å². The quantitative estimate of drug-likeness (QED) is 0.279. The Balaban J connectivity index is 2.94. The van der Waals surface area contributed by atoms with Crippen molar-refractivity contribution < 1.29 is 26.5 Å². The van der Waals surface area contributed by atoms with Gasteiger partial charge in [-0.25, -0.2) is 0 Å². The van der Waals surface area contributed by atoms with E-state index in [4.69, 9.17) is 10.3 Å². The number of benzene rings is 1. The topological polar surface area (TPSA) is 150 Å². The van der Waals surface area contributed by atoms with Crippen LogP contribution in [0.3, 0.4) is 0 Å². The van der Waals surface area contributed by atoms with Crippen molar-refractivity contribution in [2.45, 2.75) is 10.1 Å². The predicted molar refractivity (Wildman–Crippen MR) is 75.9 cm³/mol. The third-order valence-electron chi connectivity index (χ3n) is 2.53. The molecule has 1 aromatic carbocycles. The molecule has 0 saturated carbocycles. The molecule has 0 saturated heterocycles. The van der Waals surface area contributed by atoms with Gasteiger partial charge in [0.05, 0.1) is 10.9 Å². The van der Waals surface area contributed by atoms with Crippen LogP contribution in [0.25, 0.3) is 0 Å². The summed E-state index contributed by atoms with van der Waals surface area (Å²) in [6.45, 7) is 3.10. The predicted octanol–water partition coefficient (Wildman–Crippen LogP) is -0.321. The lowest BCUT2D eigenvalue weighted by Crippen LogP contribution is -2.33. The number of anilines is 1. The van der Waals surface area contributed by atoms with Gasteiger partial charge in [-0.3, -0.25) is 13.6 Å². The molecule has 0 aromatic heterocycles. The number of amides is 1. The van der Waals surface area contributed by atoms with Crippen LogP contribution in [0.1, 0.15) is 10.4 Å². The van der Waals surface area contributed by atoms with Gasteiger partial charge >= 0.3 is 0 Å². The van der Waals surface area contributed by atoms with E-state index in [0.717, 1.165) is 18.2 Å². The zero-order valence-corrected chi connectivity index (χ0v) is 12.3. The highest BCUT2D eigenvalue weighted by Gasteiger charge is 2.17. The molecule has 1 amide bonds. The van der Waals surface area contributed by atoms with Gasteiger partial charge < -0.3 is 15.6 Å². The molecule has 0 aliphatic carbocycles. The van der Waals surface area contributed by atoms with E-state index in [2.05, 4.69) is 11.9 Å². The van der Waals surface area contributed by atoms with Crippen molar-refractivity contribution in [2.24, 2.45) is 0 Å². The summed E-state index contributed by atoms with van der Waals surface area (Å²) in [4.78, 5) is 11.2. The number of nitrogens with one attached hydrogen (secondary N) is 1. The van der Waals surface area contributed by atoms with E-state index in [9.17, 15) is 22.0 Å². The van der Waals surface area contributed by atoms with Crippen molar-refractivity contribution >= 4 is 32.8 Å². The molecule has 0 fully saturated rings. The van der Waals surface area contributed by atoms with E-state index in [1.807, 2.05) is 0 Å². The number of nitrogen functional groups attached to an aromatic ring is 1. The first kappa shape index (κ1) is 17.3. The van der Waals surface area contributed by atoms with Crippen LogP contribution in [-0.4, -0.2) is 39.4 Å². The minimum Gasteiger partial charge on any atom is -0.772 e. The number of nitrogens with two attached hydrogens (primary N) is 1. The molecule has 0 spiro atoms. The standard InChI is InChI=1S/C11H14N2O6S2/c1-2-8(20(15)16)6-13-11(14)7-3-4-9(12)10(5-7)21(17,18)19/h2-5,8H,1,6,12H2,(H,13,14)(H,15,16)(H,17,18,19)/p-1. The van der Waals surface area contributed by atoms with Gasteiger partial charge in [-0.1, -0.05) is 6.08 Å². The lowest BCUT2D eigenvalue weighted by molar-refractivity contribution is 0.0954. The summed E-state index contributed by atoms with van der Waals surface area (Å²) in [5.41, 5.74) is 5.10. The third kappa shape index (κ3) is 4.63. The minimum atomic E-state index is -4.56. The number of carbonyl (C=O) groups excluding carboxylic acids is 1. The molecular formula is C11H13N2O6S2-. The van der Waals surface area contributed by atoms with E-state index in [0.29, 0.717) is 0 Å². The highest BCUT2D eigenvalue weighted by molar-refractivity contribution is 7.86. The van der Waals surface area contributed by atoms with Crippen molar-refractivity contribution in [2.75, 3.05) is 12.3 Å². The summed E-state index contributed by atoms with van der Waals surface area (Å²) in [6, 6.07) is 3.29. The lowest BCUT2D eigenvalue weighted by atomic mass is 10.2. The average molecular weight is 333 g/mol. The van der Waals surface area contributed by atoms with Gasteiger partial charge in [-0.2, -0.15) is 8.42 Å². The highest BCUT2D eigenvalue weighted by Crippen LogP contribution is 2.19. The zero-order chi connectivity index (χ0) is 16.2. The molecule has 0 aliphatic heterocycles. The molecule has 2 unspecified atom stereocenters. The molecule has 116 valence electrons. The summed E-state index contributed by atoms with van der Waals surface area (Å²) < 4.78 is 52.6. The molecule has 8 nitrogen and oxygen atoms in total. The van der Waals surface area contributed by atoms with E-state index < -0.39 is 37.3 Å². The van der Waals surface area contributed by atoms with Gasteiger partial charge in [-0.15, -0.1) is 6.58 Å². The Bertz CT molecular complexity index is 686. The van der Waals surface area contributed by atoms with Crippen LogP contribution < -0.4 is 11.1 Å². The smallest absolute Gasteiger partial charge is 0.296 e. The number of carbonyl (C=O) groups is 1. The van der Waals surface area contributed by atoms with Crippen LogP contribution in [0.2, 0.25) is 0 Å². The Kier molecular flexibility index (Phi) is 5.61. The largest absolute Gasteiger partial charge is 0.772 e. The van der Waals surface area contributed by atoms with Crippen molar-refractivity contribution in [1.29, 1.82) is 0 Å². The Labute approximate surface area is 124 Å². The summed E-state index contributed by atoms with van der Waals surface area (Å²) in [6.07, 6.45) is 1.15. The highest BCUT2D eigenvalue weighted by atomic mass is 32.2. The number of hydrogen-bond donors (Lipinski definition) is 3. The van der Waals surface area contributed by atoms with Gasteiger partial charge in [0.2, 0.25) is 0 Å². The molecule has 21 heavy (non-hydrogen) atoms. The van der Waals surface area contributed by atoms with Crippen LogP contribution in [0.15, 0.2) is 35.7 Å². The fourth-order valence-electron chi connectivity index (χ4n) is 1.42. The maximum atomic E-state index is 11.8. The van der Waals surface area contributed by atoms with Gasteiger partial charge in [0.25, 0.3) is 16.0 Å². The molecule has 10 heteroatoms. The summed E-state index contributed by atoms with van der Waals surface area (Å²) in [5, 5.41) is 1.34. The number of hydrogen-bond acceptors (Lipinski definition) is 6. The van der Waals surface area contributed by atoms with Crippen molar-refractivity contribution in [3.8, 4) is 0 Å². The first-order valence-corrected chi connectivity index (χ1v) is 8.10. The number of rotatable bonds is 6. The first-order valence-electron chi connectivity index (χ1n) is 5.52. The Morgan fingerprint density at radius 3 is 2.67 bits per heavy atom. The summed E-state index contributed by atoms with van der Waals surface area (Å²) in [7, 11) is -4.56. The molecule has 1 aromatic rings. The third-order valence-corrected chi connectivity index (χ3v) is 4.29. The van der Waals surface area contributed by atoms with Crippen LogP contribution >= 0.6 is 0 Å². The molecule has 4 N–H and O–H groups in total. The fourth-order valence-corrected chi connectivity index (χ4v) is 2.44. The van der Waals surface area contributed by atoms with E-state index in [-0.39, 0.29) is 17.8 Å². The normalized spacial score (nSPS) is 14.2. The average Bonchev–Trinajstić information content (AvgIpc) is 2.37. The van der Waals surface area contributed by atoms with Crippen molar-refractivity contribution in [3.05, 3.63) is 36.4 Å². The molecule has 0 radical (unpaired) electrons. The monoisotopic (exact) mass is 333 g/mol. The van der Waals surface area contributed by atoms with E-state index >= 15 is 0 Å². The Morgan fingerprint density at radius 1 is 1.57 bits per heavy atom. The summed E-state index contributed by atoms with van der Waals surface area (Å²) in [5.74, 6) is -0.711. The van der Waals surface area contributed by atoms with E-state index in [1.54, 1.807) is 0 Å². The fraction of sp³-hybridized carbons (Fsp3) is 0.182. The maximum absolute atomic E-state index is 11.8. The molecule has 2 atom stereocenters. The Hall–Kier alpha value is -1.75. The van der Waals surface area contributed by atoms with Crippen LogP contribution in [0.4, 0.5) is 5.69 Å². The zero-order valence-electron chi connectivity index (χ0n) is 10.7. The molecule has 0 aliphatic rings. The minimum absolute atomic E-state index is 0.0867.